The standard InChI is InChI=1S/C16H9ClF4N4O4S/c17-10-7-9(18)5-6-12(10)25-8-11(22-24-25)15(26)23-30(27,28)14-4-2-1-3-13(14)29-16(19,20)21/h1-8H,(H,23,26). The molecular weight excluding hydrogens is 456 g/mol. The average molecular weight is 465 g/mol. The van der Waals surface area contributed by atoms with Crippen LogP contribution in [0.4, 0.5) is 17.6 Å². The number of carbonyl (C=O) groups is 1. The molecule has 0 spiro atoms. The van der Waals surface area contributed by atoms with Crippen molar-refractivity contribution in [2.24, 2.45) is 0 Å². The third-order valence-electron chi connectivity index (χ3n) is 3.47. The first-order valence-corrected chi connectivity index (χ1v) is 9.62. The molecule has 0 atom stereocenters. The number of nitrogens with one attached hydrogen (secondary N) is 1. The quantitative estimate of drug-likeness (QED) is 0.582. The fourth-order valence-corrected chi connectivity index (χ4v) is 3.61. The van der Waals surface area contributed by atoms with E-state index in [1.807, 2.05) is 0 Å². The molecule has 8 nitrogen and oxygen atoms in total. The average Bonchev–Trinajstić information content (AvgIpc) is 3.10. The van der Waals surface area contributed by atoms with Gasteiger partial charge in [0.1, 0.15) is 16.5 Å². The van der Waals surface area contributed by atoms with Crippen molar-refractivity contribution in [3.8, 4) is 11.4 Å². The molecule has 0 bridgehead atoms. The molecule has 0 fully saturated rings. The molecular formula is C16H9ClF4N4O4S. The molecule has 1 heterocycles. The summed E-state index contributed by atoms with van der Waals surface area (Å²) in [6.45, 7) is 0. The van der Waals surface area contributed by atoms with Gasteiger partial charge in [0, 0.05) is 0 Å². The maximum Gasteiger partial charge on any atom is 0.573 e. The van der Waals surface area contributed by atoms with Crippen molar-refractivity contribution >= 4 is 27.5 Å². The van der Waals surface area contributed by atoms with Crippen LogP contribution in [0.5, 0.6) is 5.75 Å². The fourth-order valence-electron chi connectivity index (χ4n) is 2.26. The maximum absolute atomic E-state index is 13.1. The summed E-state index contributed by atoms with van der Waals surface area (Å²) in [5.41, 5.74) is -0.343. The van der Waals surface area contributed by atoms with Crippen molar-refractivity contribution in [1.29, 1.82) is 0 Å². The largest absolute Gasteiger partial charge is 0.573 e. The van der Waals surface area contributed by atoms with Crippen molar-refractivity contribution < 1.29 is 35.5 Å². The fraction of sp³-hybridized carbons (Fsp3) is 0.0625. The molecule has 1 aromatic heterocycles. The molecule has 0 unspecified atom stereocenters. The van der Waals surface area contributed by atoms with Crippen molar-refractivity contribution in [1.82, 2.24) is 19.7 Å². The van der Waals surface area contributed by atoms with Crippen molar-refractivity contribution in [3.05, 3.63) is 65.2 Å². The van der Waals surface area contributed by atoms with E-state index in [0.29, 0.717) is 0 Å². The normalized spacial score (nSPS) is 11.9. The van der Waals surface area contributed by atoms with Gasteiger partial charge in [-0.3, -0.25) is 4.79 Å². The Morgan fingerprint density at radius 1 is 1.17 bits per heavy atom. The topological polar surface area (TPSA) is 103 Å². The Morgan fingerprint density at radius 3 is 2.53 bits per heavy atom. The first-order valence-electron chi connectivity index (χ1n) is 7.76. The Labute approximate surface area is 171 Å². The van der Waals surface area contributed by atoms with Gasteiger partial charge >= 0.3 is 6.36 Å². The molecule has 1 amide bonds. The minimum Gasteiger partial charge on any atom is -0.404 e. The predicted molar refractivity (Wildman–Crippen MR) is 94.1 cm³/mol. The highest BCUT2D eigenvalue weighted by molar-refractivity contribution is 7.90. The summed E-state index contributed by atoms with van der Waals surface area (Å²) >= 11 is 5.88. The minimum absolute atomic E-state index is 0.0577. The van der Waals surface area contributed by atoms with Gasteiger partial charge in [-0.25, -0.2) is 22.2 Å². The number of rotatable bonds is 5. The Kier molecular flexibility index (Phi) is 5.67. The van der Waals surface area contributed by atoms with E-state index in [0.717, 1.165) is 47.3 Å². The van der Waals surface area contributed by atoms with Crippen LogP contribution in [-0.2, 0) is 10.0 Å². The van der Waals surface area contributed by atoms with Crippen LogP contribution in [0.2, 0.25) is 5.02 Å². The van der Waals surface area contributed by atoms with Crippen LogP contribution in [0.25, 0.3) is 5.69 Å². The number of amides is 1. The second-order valence-electron chi connectivity index (χ2n) is 5.57. The summed E-state index contributed by atoms with van der Waals surface area (Å²) in [5.74, 6) is -2.92. The van der Waals surface area contributed by atoms with Crippen LogP contribution in [0.1, 0.15) is 10.5 Å². The molecule has 2 aromatic carbocycles. The number of nitrogens with zero attached hydrogens (tertiary/aromatic N) is 3. The van der Waals surface area contributed by atoms with Gasteiger partial charge in [-0.15, -0.1) is 18.3 Å². The van der Waals surface area contributed by atoms with Crippen molar-refractivity contribution in [2.75, 3.05) is 0 Å². The van der Waals surface area contributed by atoms with Crippen LogP contribution < -0.4 is 9.46 Å². The molecule has 158 valence electrons. The lowest BCUT2D eigenvalue weighted by Gasteiger charge is -2.13. The van der Waals surface area contributed by atoms with Gasteiger partial charge < -0.3 is 4.74 Å². The van der Waals surface area contributed by atoms with Gasteiger partial charge in [-0.1, -0.05) is 28.9 Å². The Bertz CT molecular complexity index is 1210. The third-order valence-corrected chi connectivity index (χ3v) is 5.15. The number of para-hydroxylation sites is 1. The Balaban J connectivity index is 1.85. The number of carbonyl (C=O) groups excluding carboxylic acids is 1. The van der Waals surface area contributed by atoms with E-state index in [9.17, 15) is 30.8 Å². The summed E-state index contributed by atoms with van der Waals surface area (Å²) in [5, 5.41) is 7.03. The number of ether oxygens (including phenoxy) is 1. The van der Waals surface area contributed by atoms with Crippen molar-refractivity contribution in [2.45, 2.75) is 11.3 Å². The molecule has 1 N–H and O–H groups in total. The van der Waals surface area contributed by atoms with Crippen LogP contribution in [-0.4, -0.2) is 35.7 Å². The predicted octanol–water partition coefficient (Wildman–Crippen LogP) is 3.08. The van der Waals surface area contributed by atoms with Crippen molar-refractivity contribution in [3.63, 3.8) is 0 Å². The van der Waals surface area contributed by atoms with E-state index in [2.05, 4.69) is 15.0 Å². The first kappa shape index (κ1) is 21.5. The number of aromatic nitrogens is 3. The number of hydrogen-bond acceptors (Lipinski definition) is 6. The molecule has 3 rings (SSSR count). The summed E-state index contributed by atoms with van der Waals surface area (Å²) in [6, 6.07) is 7.18. The molecule has 0 aliphatic heterocycles. The molecule has 3 aromatic rings. The van der Waals surface area contributed by atoms with E-state index in [-0.39, 0.29) is 10.7 Å². The van der Waals surface area contributed by atoms with Gasteiger partial charge in [-0.2, -0.15) is 0 Å². The number of benzene rings is 2. The van der Waals surface area contributed by atoms with Crippen LogP contribution >= 0.6 is 11.6 Å². The van der Waals surface area contributed by atoms with Gasteiger partial charge in [-0.05, 0) is 30.3 Å². The first-order chi connectivity index (χ1) is 14.0. The van der Waals surface area contributed by atoms with E-state index >= 15 is 0 Å². The van der Waals surface area contributed by atoms with Crippen LogP contribution in [0.15, 0.2) is 53.6 Å². The Hall–Kier alpha value is -3.19. The van der Waals surface area contributed by atoms with Crippen LogP contribution in [0, 0.1) is 5.82 Å². The second-order valence-corrected chi connectivity index (χ2v) is 7.63. The number of sulfonamides is 1. The highest BCUT2D eigenvalue weighted by Gasteiger charge is 2.34. The lowest BCUT2D eigenvalue weighted by atomic mass is 10.3. The number of halogens is 5. The maximum atomic E-state index is 13.1. The summed E-state index contributed by atoms with van der Waals surface area (Å²) in [7, 11) is -4.76. The number of hydrogen-bond donors (Lipinski definition) is 1. The number of alkyl halides is 3. The second kappa shape index (κ2) is 7.91. The SMILES string of the molecule is O=C(NS(=O)(=O)c1ccccc1OC(F)(F)F)c1cn(-c2ccc(F)cc2Cl)nn1. The molecule has 0 aliphatic rings. The molecule has 0 saturated carbocycles. The van der Waals surface area contributed by atoms with Gasteiger partial charge in [0.25, 0.3) is 15.9 Å². The van der Waals surface area contributed by atoms with Gasteiger partial charge in [0.05, 0.1) is 16.9 Å². The van der Waals surface area contributed by atoms with E-state index in [1.54, 1.807) is 4.72 Å². The van der Waals surface area contributed by atoms with E-state index in [4.69, 9.17) is 11.6 Å². The highest BCUT2D eigenvalue weighted by atomic mass is 35.5. The molecule has 30 heavy (non-hydrogen) atoms. The lowest BCUT2D eigenvalue weighted by molar-refractivity contribution is -0.275. The highest BCUT2D eigenvalue weighted by Crippen LogP contribution is 2.29. The summed E-state index contributed by atoms with van der Waals surface area (Å²) in [4.78, 5) is 11.3. The molecule has 14 heteroatoms. The zero-order valence-electron chi connectivity index (χ0n) is 14.4. The Morgan fingerprint density at radius 2 is 1.87 bits per heavy atom. The van der Waals surface area contributed by atoms with E-state index in [1.165, 1.54) is 6.07 Å². The van der Waals surface area contributed by atoms with Gasteiger partial charge in [0.2, 0.25) is 0 Å². The summed E-state index contributed by atoms with van der Waals surface area (Å²) in [6.07, 6.45) is -4.14. The molecule has 0 radical (unpaired) electrons. The molecule has 0 aliphatic carbocycles. The van der Waals surface area contributed by atoms with Crippen LogP contribution in [0.3, 0.4) is 0 Å². The van der Waals surface area contributed by atoms with E-state index < -0.39 is 44.4 Å². The zero-order chi connectivity index (χ0) is 22.1. The van der Waals surface area contributed by atoms with Gasteiger partial charge in [0.15, 0.2) is 5.69 Å². The minimum atomic E-state index is -5.15. The summed E-state index contributed by atoms with van der Waals surface area (Å²) < 4.78 is 81.7. The smallest absolute Gasteiger partial charge is 0.404 e. The third kappa shape index (κ3) is 4.86. The zero-order valence-corrected chi connectivity index (χ0v) is 16.0. The lowest BCUT2D eigenvalue weighted by Crippen LogP contribution is -2.31. The molecule has 0 saturated heterocycles. The monoisotopic (exact) mass is 464 g/mol.